The summed E-state index contributed by atoms with van der Waals surface area (Å²) in [7, 11) is 1.20. The van der Waals surface area contributed by atoms with Crippen LogP contribution in [0, 0.1) is 6.92 Å². The third-order valence-electron chi connectivity index (χ3n) is 3.10. The molecule has 0 fully saturated rings. The third-order valence-corrected chi connectivity index (χ3v) is 3.10. The summed E-state index contributed by atoms with van der Waals surface area (Å²) in [5, 5.41) is 0. The molecule has 0 unspecified atom stereocenters. The number of benzene rings is 2. The molecule has 0 N–H and O–H groups in total. The molecule has 0 aliphatic heterocycles. The average Bonchev–Trinajstić information content (AvgIpc) is 2.45. The van der Waals surface area contributed by atoms with Crippen molar-refractivity contribution in [1.82, 2.24) is 0 Å². The molecule has 2 rings (SSSR count). The first-order chi connectivity index (χ1) is 9.84. The standard InChI is InChI=1S/C16H13F3O2/c1-10-7-8-12(15(20)21-2)13(9-10)11-5-3-4-6-14(11)16(17,18)19/h3-9H,1-2H3. The Kier molecular flexibility index (Phi) is 4.02. The quantitative estimate of drug-likeness (QED) is 0.764. The third kappa shape index (κ3) is 3.07. The highest BCUT2D eigenvalue weighted by atomic mass is 19.4. The van der Waals surface area contributed by atoms with Gasteiger partial charge in [-0.25, -0.2) is 4.79 Å². The first-order valence-electron chi connectivity index (χ1n) is 6.20. The highest BCUT2D eigenvalue weighted by Crippen LogP contribution is 2.38. The summed E-state index contributed by atoms with van der Waals surface area (Å²) in [6, 6.07) is 9.86. The summed E-state index contributed by atoms with van der Waals surface area (Å²) in [6.45, 7) is 1.75. The van der Waals surface area contributed by atoms with E-state index in [0.29, 0.717) is 0 Å². The average molecular weight is 294 g/mol. The van der Waals surface area contributed by atoms with Crippen molar-refractivity contribution in [2.75, 3.05) is 7.11 Å². The Morgan fingerprint density at radius 1 is 1.05 bits per heavy atom. The predicted octanol–water partition coefficient (Wildman–Crippen LogP) is 4.47. The van der Waals surface area contributed by atoms with Gasteiger partial charge >= 0.3 is 12.1 Å². The molecule has 0 amide bonds. The smallest absolute Gasteiger partial charge is 0.417 e. The Morgan fingerprint density at radius 3 is 2.33 bits per heavy atom. The van der Waals surface area contributed by atoms with Crippen molar-refractivity contribution >= 4 is 5.97 Å². The fourth-order valence-corrected chi connectivity index (χ4v) is 2.13. The second-order valence-corrected chi connectivity index (χ2v) is 4.58. The maximum Gasteiger partial charge on any atom is 0.417 e. The molecule has 5 heteroatoms. The lowest BCUT2D eigenvalue weighted by Gasteiger charge is -2.15. The maximum absolute atomic E-state index is 13.1. The van der Waals surface area contributed by atoms with E-state index in [0.717, 1.165) is 11.6 Å². The molecule has 0 bridgehead atoms. The Labute approximate surface area is 120 Å². The van der Waals surface area contributed by atoms with Gasteiger partial charge in [0.2, 0.25) is 0 Å². The van der Waals surface area contributed by atoms with Crippen LogP contribution in [0.25, 0.3) is 11.1 Å². The summed E-state index contributed by atoms with van der Waals surface area (Å²) in [4.78, 5) is 11.8. The first-order valence-corrected chi connectivity index (χ1v) is 6.20. The monoisotopic (exact) mass is 294 g/mol. The SMILES string of the molecule is COC(=O)c1ccc(C)cc1-c1ccccc1C(F)(F)F. The van der Waals surface area contributed by atoms with E-state index >= 15 is 0 Å². The summed E-state index contributed by atoms with van der Waals surface area (Å²) in [5.41, 5.74) is 0.277. The highest BCUT2D eigenvalue weighted by molar-refractivity contribution is 5.97. The van der Waals surface area contributed by atoms with Gasteiger partial charge in [-0.1, -0.05) is 35.9 Å². The van der Waals surface area contributed by atoms with Crippen LogP contribution in [0.15, 0.2) is 42.5 Å². The van der Waals surface area contributed by atoms with E-state index in [1.165, 1.54) is 31.4 Å². The summed E-state index contributed by atoms with van der Waals surface area (Å²) >= 11 is 0. The van der Waals surface area contributed by atoms with Gasteiger partial charge in [-0.3, -0.25) is 0 Å². The zero-order valence-electron chi connectivity index (χ0n) is 11.5. The lowest BCUT2D eigenvalue weighted by molar-refractivity contribution is -0.137. The largest absolute Gasteiger partial charge is 0.465 e. The van der Waals surface area contributed by atoms with Crippen molar-refractivity contribution < 1.29 is 22.7 Å². The van der Waals surface area contributed by atoms with Crippen molar-refractivity contribution in [2.45, 2.75) is 13.1 Å². The molecular weight excluding hydrogens is 281 g/mol. The molecular formula is C16H13F3O2. The van der Waals surface area contributed by atoms with Gasteiger partial charge < -0.3 is 4.74 Å². The molecule has 2 aromatic carbocycles. The van der Waals surface area contributed by atoms with Crippen LogP contribution in [-0.4, -0.2) is 13.1 Å². The van der Waals surface area contributed by atoms with Gasteiger partial charge in [0.05, 0.1) is 18.2 Å². The fourth-order valence-electron chi connectivity index (χ4n) is 2.13. The number of ether oxygens (including phenoxy) is 1. The zero-order chi connectivity index (χ0) is 15.6. The Bertz CT molecular complexity index is 675. The number of methoxy groups -OCH3 is 1. The minimum atomic E-state index is -4.49. The Hall–Kier alpha value is -2.30. The van der Waals surface area contributed by atoms with E-state index in [2.05, 4.69) is 4.74 Å². The maximum atomic E-state index is 13.1. The number of carbonyl (C=O) groups excluding carboxylic acids is 1. The molecule has 2 nitrogen and oxygen atoms in total. The van der Waals surface area contributed by atoms with Gasteiger partial charge in [0.1, 0.15) is 0 Å². The van der Waals surface area contributed by atoms with Gasteiger partial charge in [0.25, 0.3) is 0 Å². The summed E-state index contributed by atoms with van der Waals surface area (Å²) in [5.74, 6) is -0.665. The van der Waals surface area contributed by atoms with E-state index in [1.807, 2.05) is 0 Å². The molecule has 2 aromatic rings. The van der Waals surface area contributed by atoms with Crippen LogP contribution in [0.5, 0.6) is 0 Å². The van der Waals surface area contributed by atoms with E-state index in [1.54, 1.807) is 19.1 Å². The number of carbonyl (C=O) groups is 1. The molecule has 0 aliphatic rings. The Balaban J connectivity index is 2.73. The topological polar surface area (TPSA) is 26.3 Å². The molecule has 0 spiro atoms. The normalized spacial score (nSPS) is 11.3. The van der Waals surface area contributed by atoms with E-state index in [-0.39, 0.29) is 16.7 Å². The van der Waals surface area contributed by atoms with Crippen LogP contribution >= 0.6 is 0 Å². The minimum Gasteiger partial charge on any atom is -0.465 e. The van der Waals surface area contributed by atoms with Crippen molar-refractivity contribution in [1.29, 1.82) is 0 Å². The molecule has 21 heavy (non-hydrogen) atoms. The number of hydrogen-bond donors (Lipinski definition) is 0. The van der Waals surface area contributed by atoms with Crippen LogP contribution in [0.3, 0.4) is 0 Å². The van der Waals surface area contributed by atoms with Crippen molar-refractivity contribution in [3.63, 3.8) is 0 Å². The van der Waals surface area contributed by atoms with Crippen LogP contribution in [-0.2, 0) is 10.9 Å². The van der Waals surface area contributed by atoms with Crippen molar-refractivity contribution in [3.8, 4) is 11.1 Å². The van der Waals surface area contributed by atoms with Crippen LogP contribution < -0.4 is 0 Å². The second-order valence-electron chi connectivity index (χ2n) is 4.58. The van der Waals surface area contributed by atoms with Gasteiger partial charge in [0, 0.05) is 0 Å². The fraction of sp³-hybridized carbons (Fsp3) is 0.188. The highest BCUT2D eigenvalue weighted by Gasteiger charge is 2.34. The minimum absolute atomic E-state index is 0.0332. The predicted molar refractivity (Wildman–Crippen MR) is 73.0 cm³/mol. The molecule has 0 heterocycles. The van der Waals surface area contributed by atoms with Gasteiger partial charge in [0.15, 0.2) is 0 Å². The van der Waals surface area contributed by atoms with Gasteiger partial charge in [-0.2, -0.15) is 13.2 Å². The summed E-state index contributed by atoms with van der Waals surface area (Å²) < 4.78 is 44.0. The number of halogens is 3. The lowest BCUT2D eigenvalue weighted by Crippen LogP contribution is -2.09. The zero-order valence-corrected chi connectivity index (χ0v) is 11.5. The number of hydrogen-bond acceptors (Lipinski definition) is 2. The van der Waals surface area contributed by atoms with E-state index in [4.69, 9.17) is 0 Å². The van der Waals surface area contributed by atoms with Gasteiger partial charge in [-0.15, -0.1) is 0 Å². The molecule has 0 atom stereocenters. The number of esters is 1. The van der Waals surface area contributed by atoms with Crippen molar-refractivity contribution in [2.24, 2.45) is 0 Å². The lowest BCUT2D eigenvalue weighted by atomic mass is 9.93. The van der Waals surface area contributed by atoms with Crippen LogP contribution in [0.4, 0.5) is 13.2 Å². The van der Waals surface area contributed by atoms with Crippen LogP contribution in [0.2, 0.25) is 0 Å². The molecule has 0 saturated carbocycles. The molecule has 0 saturated heterocycles. The number of alkyl halides is 3. The number of aryl methyl sites for hydroxylation is 1. The van der Waals surface area contributed by atoms with E-state index in [9.17, 15) is 18.0 Å². The van der Waals surface area contributed by atoms with Crippen LogP contribution in [0.1, 0.15) is 21.5 Å². The summed E-state index contributed by atoms with van der Waals surface area (Å²) in [6.07, 6.45) is -4.49. The molecule has 0 aromatic heterocycles. The van der Waals surface area contributed by atoms with Gasteiger partial charge in [-0.05, 0) is 30.2 Å². The molecule has 0 radical (unpaired) electrons. The molecule has 0 aliphatic carbocycles. The second kappa shape index (κ2) is 5.60. The first kappa shape index (κ1) is 15.1. The van der Waals surface area contributed by atoms with Crippen molar-refractivity contribution in [3.05, 3.63) is 59.2 Å². The number of rotatable bonds is 2. The van der Waals surface area contributed by atoms with E-state index < -0.39 is 17.7 Å². The molecule has 110 valence electrons. The Morgan fingerprint density at radius 2 is 1.71 bits per heavy atom.